The van der Waals surface area contributed by atoms with E-state index in [9.17, 15) is 9.59 Å². The minimum atomic E-state index is -0.425. The lowest BCUT2D eigenvalue weighted by Crippen LogP contribution is -2.32. The predicted octanol–water partition coefficient (Wildman–Crippen LogP) is 4.41. The summed E-state index contributed by atoms with van der Waals surface area (Å²) in [5, 5.41) is 3.14. The molecule has 31 heavy (non-hydrogen) atoms. The van der Waals surface area contributed by atoms with Crippen LogP contribution >= 0.6 is 0 Å². The summed E-state index contributed by atoms with van der Waals surface area (Å²) in [5.74, 6) is 0.413. The molecule has 0 aliphatic carbocycles. The van der Waals surface area contributed by atoms with E-state index in [1.54, 1.807) is 62.8 Å². The summed E-state index contributed by atoms with van der Waals surface area (Å²) >= 11 is 0. The Balaban J connectivity index is 1.82. The molecule has 2 amide bonds. The number of carbonyl (C=O) groups excluding carboxylic acids is 2. The van der Waals surface area contributed by atoms with Gasteiger partial charge in [-0.1, -0.05) is 42.0 Å². The van der Waals surface area contributed by atoms with Gasteiger partial charge in [0, 0.05) is 0 Å². The van der Waals surface area contributed by atoms with Gasteiger partial charge in [-0.3, -0.25) is 9.59 Å². The number of benzene rings is 3. The average molecular weight is 414 g/mol. The van der Waals surface area contributed by atoms with Gasteiger partial charge < -0.3 is 14.8 Å². The number of nitrogens with one attached hydrogen (secondary N) is 1. The van der Waals surface area contributed by atoms with Crippen molar-refractivity contribution in [2.45, 2.75) is 6.92 Å². The smallest absolute Gasteiger partial charge is 0.282 e. The summed E-state index contributed by atoms with van der Waals surface area (Å²) in [4.78, 5) is 28.1. The van der Waals surface area contributed by atoms with Crippen LogP contribution in [0.3, 0.4) is 0 Å². The molecular weight excluding hydrogens is 392 g/mol. The van der Waals surface area contributed by atoms with Crippen LogP contribution in [0.15, 0.2) is 78.5 Å². The molecule has 0 aromatic heterocycles. The van der Waals surface area contributed by atoms with Gasteiger partial charge in [0.15, 0.2) is 0 Å². The number of methoxy groups -OCH3 is 2. The van der Waals surface area contributed by atoms with E-state index in [-0.39, 0.29) is 5.70 Å². The second kappa shape index (κ2) is 8.36. The van der Waals surface area contributed by atoms with Crippen LogP contribution in [0.25, 0.3) is 5.57 Å². The highest BCUT2D eigenvalue weighted by molar-refractivity contribution is 6.46. The molecule has 4 rings (SSSR count). The molecule has 0 spiro atoms. The summed E-state index contributed by atoms with van der Waals surface area (Å²) in [7, 11) is 3.13. The highest BCUT2D eigenvalue weighted by Crippen LogP contribution is 2.36. The Bertz CT molecular complexity index is 1160. The van der Waals surface area contributed by atoms with E-state index in [0.717, 1.165) is 5.56 Å². The maximum atomic E-state index is 13.5. The first-order chi connectivity index (χ1) is 15.0. The molecule has 3 aromatic rings. The van der Waals surface area contributed by atoms with Crippen molar-refractivity contribution in [3.63, 3.8) is 0 Å². The standard InChI is InChI=1S/C25H22N2O4/c1-16-8-12-18(13-9-16)27-24(28)22(17-10-14-19(30-2)15-11-17)23(25(27)29)26-20-6-4-5-7-21(20)31-3/h4-15,26H,1-3H3. The zero-order valence-corrected chi connectivity index (χ0v) is 17.5. The molecule has 1 aliphatic heterocycles. The van der Waals surface area contributed by atoms with Crippen LogP contribution in [0.5, 0.6) is 11.5 Å². The summed E-state index contributed by atoms with van der Waals surface area (Å²) in [6, 6.07) is 21.6. The van der Waals surface area contributed by atoms with Crippen LogP contribution in [0, 0.1) is 6.92 Å². The predicted molar refractivity (Wildman–Crippen MR) is 120 cm³/mol. The number of hydrogen-bond acceptors (Lipinski definition) is 5. The third kappa shape index (κ3) is 3.75. The van der Waals surface area contributed by atoms with E-state index >= 15 is 0 Å². The molecule has 1 N–H and O–H groups in total. The van der Waals surface area contributed by atoms with Crippen molar-refractivity contribution in [2.75, 3.05) is 24.4 Å². The molecule has 1 aliphatic rings. The molecule has 0 atom stereocenters. The van der Waals surface area contributed by atoms with Gasteiger partial charge in [-0.2, -0.15) is 0 Å². The van der Waals surface area contributed by atoms with Crippen molar-refractivity contribution in [2.24, 2.45) is 0 Å². The van der Waals surface area contributed by atoms with Gasteiger partial charge >= 0.3 is 0 Å². The number of anilines is 2. The van der Waals surface area contributed by atoms with Gasteiger partial charge in [0.05, 0.1) is 31.2 Å². The lowest BCUT2D eigenvalue weighted by atomic mass is 10.0. The number of aryl methyl sites for hydroxylation is 1. The Morgan fingerprint density at radius 3 is 2.10 bits per heavy atom. The Morgan fingerprint density at radius 1 is 0.774 bits per heavy atom. The molecule has 0 unspecified atom stereocenters. The molecule has 0 saturated carbocycles. The third-order valence-electron chi connectivity index (χ3n) is 5.12. The van der Waals surface area contributed by atoms with Crippen LogP contribution in [-0.2, 0) is 9.59 Å². The highest BCUT2D eigenvalue weighted by Gasteiger charge is 2.40. The topological polar surface area (TPSA) is 67.9 Å². The van der Waals surface area contributed by atoms with Crippen molar-refractivity contribution < 1.29 is 19.1 Å². The quantitative estimate of drug-likeness (QED) is 0.605. The number of para-hydroxylation sites is 2. The number of amides is 2. The summed E-state index contributed by atoms with van der Waals surface area (Å²) in [6.45, 7) is 1.95. The van der Waals surface area contributed by atoms with E-state index in [2.05, 4.69) is 5.32 Å². The van der Waals surface area contributed by atoms with Crippen molar-refractivity contribution in [3.05, 3.63) is 89.6 Å². The van der Waals surface area contributed by atoms with Crippen LogP contribution in [0.2, 0.25) is 0 Å². The number of nitrogens with zero attached hydrogens (tertiary/aromatic N) is 1. The lowest BCUT2D eigenvalue weighted by Gasteiger charge is -2.16. The van der Waals surface area contributed by atoms with Crippen LogP contribution in [0.4, 0.5) is 11.4 Å². The van der Waals surface area contributed by atoms with E-state index < -0.39 is 11.8 Å². The lowest BCUT2D eigenvalue weighted by molar-refractivity contribution is -0.120. The molecule has 6 heteroatoms. The van der Waals surface area contributed by atoms with E-state index in [1.165, 1.54) is 4.90 Å². The van der Waals surface area contributed by atoms with Gasteiger partial charge in [-0.15, -0.1) is 0 Å². The first kappa shape index (κ1) is 20.2. The number of ether oxygens (including phenoxy) is 2. The Labute approximate surface area is 180 Å². The Kier molecular flexibility index (Phi) is 5.45. The molecule has 0 fully saturated rings. The fraction of sp³-hybridized carbons (Fsp3) is 0.120. The van der Waals surface area contributed by atoms with Crippen molar-refractivity contribution >= 4 is 28.8 Å². The maximum Gasteiger partial charge on any atom is 0.282 e. The highest BCUT2D eigenvalue weighted by atomic mass is 16.5. The van der Waals surface area contributed by atoms with E-state index in [0.29, 0.717) is 34.0 Å². The molecule has 1 heterocycles. The van der Waals surface area contributed by atoms with Crippen molar-refractivity contribution in [1.29, 1.82) is 0 Å². The maximum absolute atomic E-state index is 13.5. The summed E-state index contributed by atoms with van der Waals surface area (Å²) in [6.07, 6.45) is 0. The van der Waals surface area contributed by atoms with Crippen molar-refractivity contribution in [3.8, 4) is 11.5 Å². The number of imide groups is 1. The van der Waals surface area contributed by atoms with Gasteiger partial charge in [-0.05, 0) is 48.9 Å². The van der Waals surface area contributed by atoms with E-state index in [4.69, 9.17) is 9.47 Å². The molecule has 0 radical (unpaired) electrons. The van der Waals surface area contributed by atoms with Gasteiger partial charge in [0.2, 0.25) is 0 Å². The second-order valence-corrected chi connectivity index (χ2v) is 7.09. The van der Waals surface area contributed by atoms with E-state index in [1.807, 2.05) is 31.2 Å². The van der Waals surface area contributed by atoms with Gasteiger partial charge in [0.1, 0.15) is 17.2 Å². The molecule has 0 saturated heterocycles. The summed E-state index contributed by atoms with van der Waals surface area (Å²) in [5.41, 5.74) is 3.26. The minimum absolute atomic E-state index is 0.195. The first-order valence-corrected chi connectivity index (χ1v) is 9.77. The van der Waals surface area contributed by atoms with Gasteiger partial charge in [-0.25, -0.2) is 4.90 Å². The molecule has 0 bridgehead atoms. The number of carbonyl (C=O) groups is 2. The van der Waals surface area contributed by atoms with Crippen LogP contribution < -0.4 is 19.7 Å². The normalized spacial score (nSPS) is 13.6. The Morgan fingerprint density at radius 2 is 1.45 bits per heavy atom. The summed E-state index contributed by atoms with van der Waals surface area (Å²) < 4.78 is 10.6. The van der Waals surface area contributed by atoms with Crippen LogP contribution in [0.1, 0.15) is 11.1 Å². The third-order valence-corrected chi connectivity index (χ3v) is 5.12. The largest absolute Gasteiger partial charge is 0.497 e. The minimum Gasteiger partial charge on any atom is -0.497 e. The zero-order valence-electron chi connectivity index (χ0n) is 17.5. The van der Waals surface area contributed by atoms with Gasteiger partial charge in [0.25, 0.3) is 11.8 Å². The molecule has 3 aromatic carbocycles. The molecule has 156 valence electrons. The monoisotopic (exact) mass is 414 g/mol. The Hall–Kier alpha value is -4.06. The number of hydrogen-bond donors (Lipinski definition) is 1. The first-order valence-electron chi connectivity index (χ1n) is 9.77. The molecular formula is C25H22N2O4. The SMILES string of the molecule is COc1ccc(C2=C(Nc3ccccc3OC)C(=O)N(c3ccc(C)cc3)C2=O)cc1. The molecule has 6 nitrogen and oxygen atoms in total. The average Bonchev–Trinajstić information content (AvgIpc) is 3.04. The fourth-order valence-electron chi connectivity index (χ4n) is 3.48. The zero-order chi connectivity index (χ0) is 22.0. The second-order valence-electron chi connectivity index (χ2n) is 7.09. The van der Waals surface area contributed by atoms with Crippen LogP contribution in [-0.4, -0.2) is 26.0 Å². The van der Waals surface area contributed by atoms with Crippen molar-refractivity contribution in [1.82, 2.24) is 0 Å². The number of rotatable bonds is 6. The fourth-order valence-corrected chi connectivity index (χ4v) is 3.48.